The normalized spacial score (nSPS) is 18.8. The number of fused-ring (bicyclic) bond motifs is 2. The molecule has 1 amide bonds. The van der Waals surface area contributed by atoms with E-state index >= 15 is 0 Å². The number of phosphoric acid groups is 3. The Bertz CT molecular complexity index is 2390. The van der Waals surface area contributed by atoms with Gasteiger partial charge < -0.3 is 40.3 Å². The highest BCUT2D eigenvalue weighted by Crippen LogP contribution is 2.65. The summed E-state index contributed by atoms with van der Waals surface area (Å²) in [5.41, 5.74) is 8.15. The number of rotatable bonds is 14. The van der Waals surface area contributed by atoms with Gasteiger partial charge in [-0.05, 0) is 43.5 Å². The number of benzene rings is 2. The zero-order valence-electron chi connectivity index (χ0n) is 29.6. The predicted octanol–water partition coefficient (Wildman–Crippen LogP) is 1.35. The van der Waals surface area contributed by atoms with Crippen molar-refractivity contribution in [1.29, 1.82) is 0 Å². The number of nitrogens with zero attached hydrogens (tertiary/aromatic N) is 5. The van der Waals surface area contributed by atoms with Gasteiger partial charge in [-0.15, -0.1) is 11.3 Å². The van der Waals surface area contributed by atoms with Crippen LogP contribution in [0.25, 0.3) is 20.8 Å². The summed E-state index contributed by atoms with van der Waals surface area (Å²) in [7, 11) is -10.9. The fourth-order valence-electron chi connectivity index (χ4n) is 5.37. The van der Waals surface area contributed by atoms with Gasteiger partial charge in [-0.3, -0.25) is 18.5 Å². The first-order valence-electron chi connectivity index (χ1n) is 16.4. The zero-order valence-corrected chi connectivity index (χ0v) is 33.1. The molecule has 3 unspecified atom stereocenters. The Morgan fingerprint density at radius 3 is 2.64 bits per heavy atom. The number of ether oxygens (including phenoxy) is 1. The predicted molar refractivity (Wildman–Crippen MR) is 199 cm³/mol. The number of aromatic nitrogens is 3. The largest absolute Gasteiger partial charge is 0.756 e. The van der Waals surface area contributed by atoms with E-state index in [0.717, 1.165) is 36.4 Å². The maximum absolute atomic E-state index is 12.6. The number of hydrogen-bond donors (Lipinski definition) is 5. The van der Waals surface area contributed by atoms with Crippen LogP contribution in [0.15, 0.2) is 47.4 Å². The molecule has 20 nitrogen and oxygen atoms in total. The van der Waals surface area contributed by atoms with E-state index in [1.165, 1.54) is 6.20 Å². The lowest BCUT2D eigenvalue weighted by Crippen LogP contribution is -2.29. The first kappa shape index (κ1) is 42.3. The van der Waals surface area contributed by atoms with Gasteiger partial charge in [-0.2, -0.15) is 9.29 Å². The maximum atomic E-state index is 12.6. The van der Waals surface area contributed by atoms with Gasteiger partial charge >= 0.3 is 21.3 Å². The van der Waals surface area contributed by atoms with E-state index in [-0.39, 0.29) is 43.1 Å². The van der Waals surface area contributed by atoms with Crippen molar-refractivity contribution < 1.29 is 55.9 Å². The van der Waals surface area contributed by atoms with E-state index in [1.54, 1.807) is 11.3 Å². The van der Waals surface area contributed by atoms with Gasteiger partial charge in [0, 0.05) is 44.0 Å². The van der Waals surface area contributed by atoms with E-state index in [2.05, 4.69) is 56.9 Å². The highest BCUT2D eigenvalue weighted by atomic mass is 32.1. The van der Waals surface area contributed by atoms with Crippen LogP contribution in [0.2, 0.25) is 0 Å². The monoisotopic (exact) mass is 841 g/mol. The average molecular weight is 842 g/mol. The van der Waals surface area contributed by atoms with E-state index in [1.807, 2.05) is 45.4 Å². The van der Waals surface area contributed by atoms with E-state index in [0.29, 0.717) is 13.0 Å². The zero-order chi connectivity index (χ0) is 40.1. The Morgan fingerprint density at radius 1 is 1.15 bits per heavy atom. The van der Waals surface area contributed by atoms with Gasteiger partial charge in [0.15, 0.2) is 0 Å². The van der Waals surface area contributed by atoms with Crippen LogP contribution >= 0.6 is 34.8 Å². The van der Waals surface area contributed by atoms with Gasteiger partial charge in [-0.25, -0.2) is 27.8 Å². The number of hydrogen-bond acceptors (Lipinski definition) is 15. The molecule has 0 saturated carbocycles. The van der Waals surface area contributed by atoms with Crippen LogP contribution in [0.1, 0.15) is 37.5 Å². The van der Waals surface area contributed by atoms with Crippen molar-refractivity contribution in [3.05, 3.63) is 64.0 Å². The van der Waals surface area contributed by atoms with Crippen LogP contribution < -0.4 is 36.5 Å². The molecule has 1 fully saturated rings. The highest BCUT2D eigenvalue weighted by molar-refractivity contribution is 7.66. The molecule has 1 aromatic carbocycles. The standard InChI is InChI=1S/C31H38N7O13P3S/c1-36(2)21-8-11-24-26(16-21)55-27-17-22(9-12-25(27)34-24)37(3)15-5-7-28(39)33-14-4-6-20-18-38(31(40)35-30(20)32)29-13-10-23(49-29)19-48-53(44,45)51-54(46,47)50-52(41,42)43/h8-9,11-12,16-18,23,29H,5,7,10,13-15,19H2,1-3H3,(H6-,32,33,35,39,40,41,42,43,44,45,46,47)/t23-,29+/m0/s1. The van der Waals surface area contributed by atoms with Crippen LogP contribution in [-0.4, -0.2) is 82.1 Å². The molecule has 0 spiro atoms. The molecule has 6 N–H and O–H groups in total. The van der Waals surface area contributed by atoms with Crippen LogP contribution in [0.5, 0.6) is 0 Å². The molecule has 24 heteroatoms. The van der Waals surface area contributed by atoms with E-state index in [9.17, 15) is 38.0 Å². The Labute approximate surface area is 318 Å². The molecule has 2 aliphatic heterocycles. The molecule has 0 radical (unpaired) electrons. The van der Waals surface area contributed by atoms with Crippen molar-refractivity contribution in [2.24, 2.45) is 0 Å². The second-order valence-electron chi connectivity index (χ2n) is 12.4. The minimum Gasteiger partial charge on any atom is -0.756 e. The summed E-state index contributed by atoms with van der Waals surface area (Å²) < 4.78 is 55.8. The third kappa shape index (κ3) is 12.1. The van der Waals surface area contributed by atoms with Crippen molar-refractivity contribution in [2.75, 3.05) is 51.5 Å². The van der Waals surface area contributed by atoms with Crippen molar-refractivity contribution in [3.63, 3.8) is 0 Å². The van der Waals surface area contributed by atoms with E-state index in [4.69, 9.17) is 20.3 Å². The first-order valence-corrected chi connectivity index (χ1v) is 21.7. The third-order valence-corrected chi connectivity index (χ3v) is 12.9. The van der Waals surface area contributed by atoms with Crippen molar-refractivity contribution in [1.82, 2.24) is 24.4 Å². The summed E-state index contributed by atoms with van der Waals surface area (Å²) in [6.45, 7) is -0.0599. The van der Waals surface area contributed by atoms with Gasteiger partial charge in [0.2, 0.25) is 11.3 Å². The summed E-state index contributed by atoms with van der Waals surface area (Å²) >= 11 is 1.68. The average Bonchev–Trinajstić information content (AvgIpc) is 3.56. The summed E-state index contributed by atoms with van der Waals surface area (Å²) in [5.74, 6) is 5.19. The number of carbonyl (C=O) groups is 1. The number of amides is 1. The van der Waals surface area contributed by atoms with Crippen molar-refractivity contribution in [2.45, 2.75) is 38.0 Å². The Morgan fingerprint density at radius 2 is 1.91 bits per heavy atom. The Kier molecular flexibility index (Phi) is 13.5. The number of nitrogens with one attached hydrogen (secondary N) is 1. The summed E-state index contributed by atoms with van der Waals surface area (Å²) in [6, 6.07) is 12.3. The van der Waals surface area contributed by atoms with Gasteiger partial charge in [-0.1, -0.05) is 11.8 Å². The molecule has 0 bridgehead atoms. The topological polar surface area (TPSA) is 281 Å². The number of nitrogen functional groups attached to an aromatic ring is 1. The second-order valence-corrected chi connectivity index (χ2v) is 17.9. The third-order valence-electron chi connectivity index (χ3n) is 8.01. The molecule has 1 aliphatic carbocycles. The van der Waals surface area contributed by atoms with Crippen LogP contribution in [0, 0.1) is 11.8 Å². The quantitative estimate of drug-likeness (QED) is 0.0518. The molecule has 55 heavy (non-hydrogen) atoms. The fourth-order valence-corrected chi connectivity index (χ4v) is 9.42. The summed E-state index contributed by atoms with van der Waals surface area (Å²) in [6.07, 6.45) is 0.688. The molecule has 1 aromatic heterocycles. The Balaban J connectivity index is 1.09. The molecule has 1 saturated heterocycles. The lowest BCUT2D eigenvalue weighted by molar-refractivity contribution is -0.212. The minimum absolute atomic E-state index is 0.00505. The van der Waals surface area contributed by atoms with Crippen molar-refractivity contribution in [3.8, 4) is 22.4 Å². The van der Waals surface area contributed by atoms with Gasteiger partial charge in [0.25, 0.3) is 7.82 Å². The number of nitrogens with two attached hydrogens (primary N) is 1. The number of anilines is 2. The fraction of sp³-hybridized carbons (Fsp3) is 0.387. The first-order chi connectivity index (χ1) is 25.8. The molecule has 5 atom stereocenters. The molecule has 3 aliphatic rings. The summed E-state index contributed by atoms with van der Waals surface area (Å²) in [4.78, 5) is 74.9. The van der Waals surface area contributed by atoms with Gasteiger partial charge in [0.1, 0.15) is 26.1 Å². The molecular weight excluding hydrogens is 803 g/mol. The van der Waals surface area contributed by atoms with Crippen LogP contribution in [0.3, 0.4) is 0 Å². The lowest BCUT2D eigenvalue weighted by Gasteiger charge is -2.21. The SMILES string of the molecule is CN(CCCC(=O)NCC#Cc1cn([C@H]2CC[C@@H](COP(=O)(O)OP(=O)(O)OP(=O)([O-])O)O2)c(=O)nc1N)c1ccc2nc3ccc(=[N+](C)C)cc-3sc2c1. The highest BCUT2D eigenvalue weighted by Gasteiger charge is 2.39. The van der Waals surface area contributed by atoms with Crippen LogP contribution in [-0.2, 0) is 36.4 Å². The molecule has 5 rings (SSSR count). The van der Waals surface area contributed by atoms with E-state index < -0.39 is 48.1 Å². The maximum Gasteiger partial charge on any atom is 0.487 e. The summed E-state index contributed by atoms with van der Waals surface area (Å²) in [5, 5.41) is 3.83. The minimum atomic E-state index is -5.79. The van der Waals surface area contributed by atoms with Crippen molar-refractivity contribution >= 4 is 62.4 Å². The second kappa shape index (κ2) is 17.5. The number of carbonyl (C=O) groups excluding carboxylic acids is 1. The molecule has 3 heterocycles. The Hall–Kier alpha value is -3.86. The van der Waals surface area contributed by atoms with Gasteiger partial charge in [0.05, 0.1) is 45.6 Å². The smallest absolute Gasteiger partial charge is 0.487 e. The molecular formula is C31H38N7O13P3S. The van der Waals surface area contributed by atoms with Crippen LogP contribution in [0.4, 0.5) is 11.5 Å². The lowest BCUT2D eigenvalue weighted by atomic mass is 10.2. The number of phosphoric ester groups is 1. The molecule has 296 valence electrons. The molecule has 2 aromatic rings.